The van der Waals surface area contributed by atoms with Crippen LogP contribution in [0.5, 0.6) is 0 Å². The second-order valence-electron chi connectivity index (χ2n) is 2.51. The topological polar surface area (TPSA) is 52.6 Å². The smallest absolute Gasteiger partial charge is 0.303 e. The summed E-state index contributed by atoms with van der Waals surface area (Å²) in [4.78, 5) is 20.9. The van der Waals surface area contributed by atoms with Crippen molar-refractivity contribution in [2.45, 2.75) is 26.4 Å². The number of carbonyl (C=O) groups is 2. The Balaban J connectivity index is 3.65. The SMILES string of the molecule is C=CC(CCOC(C)=O)OC(C)=O. The summed E-state index contributed by atoms with van der Waals surface area (Å²) in [6, 6.07) is 0. The molecule has 0 aliphatic rings. The van der Waals surface area contributed by atoms with Gasteiger partial charge in [0.15, 0.2) is 0 Å². The van der Waals surface area contributed by atoms with Crippen LogP contribution in [0.2, 0.25) is 0 Å². The van der Waals surface area contributed by atoms with Crippen LogP contribution in [0.1, 0.15) is 20.3 Å². The molecule has 0 radical (unpaired) electrons. The molecule has 1 atom stereocenters. The van der Waals surface area contributed by atoms with Crippen molar-refractivity contribution in [3.05, 3.63) is 12.7 Å². The Bertz CT molecular complexity index is 198. The number of esters is 2. The predicted molar refractivity (Wildman–Crippen MR) is 47.0 cm³/mol. The van der Waals surface area contributed by atoms with Crippen LogP contribution < -0.4 is 0 Å². The lowest BCUT2D eigenvalue weighted by Crippen LogP contribution is -2.16. The minimum Gasteiger partial charge on any atom is -0.466 e. The maximum absolute atomic E-state index is 10.5. The van der Waals surface area contributed by atoms with Gasteiger partial charge in [-0.05, 0) is 0 Å². The Hall–Kier alpha value is -1.32. The summed E-state index contributed by atoms with van der Waals surface area (Å²) >= 11 is 0. The summed E-state index contributed by atoms with van der Waals surface area (Å²) in [7, 11) is 0. The number of ether oxygens (including phenoxy) is 2. The highest BCUT2D eigenvalue weighted by Crippen LogP contribution is 2.00. The second kappa shape index (κ2) is 6.22. The molecule has 0 rings (SSSR count). The van der Waals surface area contributed by atoms with Crippen LogP contribution in [-0.4, -0.2) is 24.6 Å². The molecule has 0 aromatic rings. The van der Waals surface area contributed by atoms with E-state index in [1.807, 2.05) is 0 Å². The molecule has 0 spiro atoms. The van der Waals surface area contributed by atoms with Crippen molar-refractivity contribution in [1.82, 2.24) is 0 Å². The zero-order valence-electron chi connectivity index (χ0n) is 7.91. The van der Waals surface area contributed by atoms with Gasteiger partial charge in [0.05, 0.1) is 6.61 Å². The first kappa shape index (κ1) is 11.7. The molecule has 0 saturated carbocycles. The van der Waals surface area contributed by atoms with Crippen LogP contribution in [-0.2, 0) is 19.1 Å². The first-order valence-corrected chi connectivity index (χ1v) is 3.99. The Morgan fingerprint density at radius 2 is 2.00 bits per heavy atom. The quantitative estimate of drug-likeness (QED) is 0.476. The summed E-state index contributed by atoms with van der Waals surface area (Å²) in [5.41, 5.74) is 0. The van der Waals surface area contributed by atoms with Gasteiger partial charge in [0.2, 0.25) is 0 Å². The highest BCUT2D eigenvalue weighted by atomic mass is 16.6. The Morgan fingerprint density at radius 3 is 2.38 bits per heavy atom. The zero-order valence-corrected chi connectivity index (χ0v) is 7.91. The van der Waals surface area contributed by atoms with E-state index in [4.69, 9.17) is 4.74 Å². The molecule has 0 saturated heterocycles. The standard InChI is InChI=1S/C9H14O4/c1-4-9(13-8(3)11)5-6-12-7(2)10/h4,9H,1,5-6H2,2-3H3. The van der Waals surface area contributed by atoms with Crippen LogP contribution in [0.3, 0.4) is 0 Å². The lowest BCUT2D eigenvalue weighted by atomic mass is 10.2. The van der Waals surface area contributed by atoms with Crippen molar-refractivity contribution in [3.8, 4) is 0 Å². The average molecular weight is 186 g/mol. The number of hydrogen-bond donors (Lipinski definition) is 0. The number of hydrogen-bond acceptors (Lipinski definition) is 4. The third-order valence-electron chi connectivity index (χ3n) is 1.29. The van der Waals surface area contributed by atoms with Gasteiger partial charge in [0.1, 0.15) is 6.10 Å². The van der Waals surface area contributed by atoms with Gasteiger partial charge in [-0.15, -0.1) is 0 Å². The average Bonchev–Trinajstić information content (AvgIpc) is 2.01. The van der Waals surface area contributed by atoms with Gasteiger partial charge in [-0.1, -0.05) is 12.7 Å². The summed E-state index contributed by atoms with van der Waals surface area (Å²) in [6.45, 7) is 6.38. The molecule has 0 fully saturated rings. The molecule has 4 nitrogen and oxygen atoms in total. The molecule has 0 aromatic carbocycles. The maximum atomic E-state index is 10.5. The summed E-state index contributed by atoms with van der Waals surface area (Å²) in [5.74, 6) is -0.710. The van der Waals surface area contributed by atoms with E-state index < -0.39 is 0 Å². The van der Waals surface area contributed by atoms with E-state index in [0.717, 1.165) is 0 Å². The summed E-state index contributed by atoms with van der Waals surface area (Å²) < 4.78 is 9.51. The van der Waals surface area contributed by atoms with Crippen LogP contribution >= 0.6 is 0 Å². The molecule has 0 aliphatic carbocycles. The van der Waals surface area contributed by atoms with Crippen LogP contribution in [0.4, 0.5) is 0 Å². The molecular weight excluding hydrogens is 172 g/mol. The molecule has 0 aromatic heterocycles. The van der Waals surface area contributed by atoms with Gasteiger partial charge in [0.25, 0.3) is 0 Å². The molecule has 0 amide bonds. The van der Waals surface area contributed by atoms with Crippen molar-refractivity contribution < 1.29 is 19.1 Å². The fourth-order valence-corrected chi connectivity index (χ4v) is 0.757. The highest BCUT2D eigenvalue weighted by molar-refractivity contribution is 5.66. The molecule has 0 bridgehead atoms. The van der Waals surface area contributed by atoms with Crippen LogP contribution in [0, 0.1) is 0 Å². The van der Waals surface area contributed by atoms with Crippen molar-refractivity contribution >= 4 is 11.9 Å². The molecule has 0 N–H and O–H groups in total. The Labute approximate surface area is 77.5 Å². The Morgan fingerprint density at radius 1 is 1.38 bits per heavy atom. The number of carbonyl (C=O) groups excluding carboxylic acids is 2. The Kier molecular flexibility index (Phi) is 5.59. The van der Waals surface area contributed by atoms with E-state index in [0.29, 0.717) is 6.42 Å². The molecule has 74 valence electrons. The summed E-state index contributed by atoms with van der Waals surface area (Å²) in [5, 5.41) is 0. The van der Waals surface area contributed by atoms with E-state index in [1.165, 1.54) is 19.9 Å². The minimum absolute atomic E-state index is 0.235. The third-order valence-corrected chi connectivity index (χ3v) is 1.29. The molecule has 1 unspecified atom stereocenters. The van der Waals surface area contributed by atoms with Crippen molar-refractivity contribution in [1.29, 1.82) is 0 Å². The number of rotatable bonds is 5. The molecule has 13 heavy (non-hydrogen) atoms. The van der Waals surface area contributed by atoms with Gasteiger partial charge < -0.3 is 9.47 Å². The largest absolute Gasteiger partial charge is 0.466 e. The zero-order chi connectivity index (χ0) is 10.3. The van der Waals surface area contributed by atoms with E-state index in [9.17, 15) is 9.59 Å². The molecule has 0 heterocycles. The highest BCUT2D eigenvalue weighted by Gasteiger charge is 2.07. The second-order valence-corrected chi connectivity index (χ2v) is 2.51. The van der Waals surface area contributed by atoms with E-state index >= 15 is 0 Å². The van der Waals surface area contributed by atoms with Crippen molar-refractivity contribution in [2.24, 2.45) is 0 Å². The van der Waals surface area contributed by atoms with Crippen molar-refractivity contribution in [3.63, 3.8) is 0 Å². The van der Waals surface area contributed by atoms with Gasteiger partial charge in [-0.25, -0.2) is 0 Å². The molecular formula is C9H14O4. The van der Waals surface area contributed by atoms with E-state index in [1.54, 1.807) is 0 Å². The fraction of sp³-hybridized carbons (Fsp3) is 0.556. The minimum atomic E-state index is -0.378. The molecule has 0 aliphatic heterocycles. The van der Waals surface area contributed by atoms with Crippen molar-refractivity contribution in [2.75, 3.05) is 6.61 Å². The first-order chi connectivity index (χ1) is 6.06. The monoisotopic (exact) mass is 186 g/mol. The summed E-state index contributed by atoms with van der Waals surface area (Å²) in [6.07, 6.45) is 1.57. The lowest BCUT2D eigenvalue weighted by Gasteiger charge is -2.11. The normalized spacial score (nSPS) is 11.5. The van der Waals surface area contributed by atoms with E-state index in [-0.39, 0.29) is 24.6 Å². The van der Waals surface area contributed by atoms with Gasteiger partial charge in [0, 0.05) is 20.3 Å². The first-order valence-electron chi connectivity index (χ1n) is 3.99. The van der Waals surface area contributed by atoms with Crippen LogP contribution in [0.25, 0.3) is 0 Å². The van der Waals surface area contributed by atoms with E-state index in [2.05, 4.69) is 11.3 Å². The van der Waals surface area contributed by atoms with Gasteiger partial charge in [-0.2, -0.15) is 0 Å². The van der Waals surface area contributed by atoms with Gasteiger partial charge in [-0.3, -0.25) is 9.59 Å². The lowest BCUT2D eigenvalue weighted by molar-refractivity contribution is -0.146. The maximum Gasteiger partial charge on any atom is 0.303 e. The molecule has 4 heteroatoms. The predicted octanol–water partition coefficient (Wildman–Crippen LogP) is 1.06. The third kappa shape index (κ3) is 7.05. The fourth-order valence-electron chi connectivity index (χ4n) is 0.757. The van der Waals surface area contributed by atoms with Crippen LogP contribution in [0.15, 0.2) is 12.7 Å². The van der Waals surface area contributed by atoms with Gasteiger partial charge >= 0.3 is 11.9 Å².